The van der Waals surface area contributed by atoms with E-state index in [1.807, 2.05) is 24.3 Å². The summed E-state index contributed by atoms with van der Waals surface area (Å²) in [4.78, 5) is 20.0. The van der Waals surface area contributed by atoms with Gasteiger partial charge in [-0.25, -0.2) is 10.5 Å². The highest BCUT2D eigenvalue weighted by molar-refractivity contribution is 9.10. The van der Waals surface area contributed by atoms with Crippen molar-refractivity contribution in [2.45, 2.75) is 0 Å². The molecular weight excluding hydrogens is 312 g/mol. The van der Waals surface area contributed by atoms with Crippen LogP contribution in [0.15, 0.2) is 47.1 Å². The Hall–Kier alpha value is -1.92. The standard InChI is InChI=1S/C13H11BrN2O3/c1-18-16-13(17)9-5-6-12(15-8-9)19-11-4-2-3-10(14)7-11/h2-8H,1H3,(H,16,17). The number of ether oxygens (including phenoxy) is 1. The van der Waals surface area contributed by atoms with Gasteiger partial charge in [0.25, 0.3) is 5.91 Å². The van der Waals surface area contributed by atoms with E-state index < -0.39 is 0 Å². The second kappa shape index (κ2) is 6.31. The third-order valence-corrected chi connectivity index (χ3v) is 2.71. The summed E-state index contributed by atoms with van der Waals surface area (Å²) in [6.45, 7) is 0. The van der Waals surface area contributed by atoms with Crippen molar-refractivity contribution in [1.82, 2.24) is 10.5 Å². The number of benzene rings is 1. The summed E-state index contributed by atoms with van der Waals surface area (Å²) in [7, 11) is 1.37. The number of rotatable bonds is 4. The van der Waals surface area contributed by atoms with Crippen LogP contribution in [0.1, 0.15) is 10.4 Å². The van der Waals surface area contributed by atoms with Crippen LogP contribution < -0.4 is 10.2 Å². The fourth-order valence-electron chi connectivity index (χ4n) is 1.38. The fraction of sp³-hybridized carbons (Fsp3) is 0.0769. The lowest BCUT2D eigenvalue weighted by Gasteiger charge is -2.06. The van der Waals surface area contributed by atoms with Crippen LogP contribution in [0.4, 0.5) is 0 Å². The molecule has 1 heterocycles. The van der Waals surface area contributed by atoms with Gasteiger partial charge in [-0.1, -0.05) is 22.0 Å². The van der Waals surface area contributed by atoms with E-state index >= 15 is 0 Å². The third kappa shape index (κ3) is 3.77. The SMILES string of the molecule is CONC(=O)c1ccc(Oc2cccc(Br)c2)nc1. The maximum atomic E-state index is 11.4. The van der Waals surface area contributed by atoms with Gasteiger partial charge >= 0.3 is 0 Å². The molecule has 5 nitrogen and oxygen atoms in total. The zero-order valence-electron chi connectivity index (χ0n) is 10.1. The molecule has 0 radical (unpaired) electrons. The predicted molar refractivity (Wildman–Crippen MR) is 72.9 cm³/mol. The Morgan fingerprint density at radius 2 is 2.16 bits per heavy atom. The Bertz CT molecular complexity index is 572. The molecule has 19 heavy (non-hydrogen) atoms. The summed E-state index contributed by atoms with van der Waals surface area (Å²) in [6, 6.07) is 10.6. The Morgan fingerprint density at radius 3 is 2.79 bits per heavy atom. The molecule has 0 aliphatic carbocycles. The van der Waals surface area contributed by atoms with Crippen molar-refractivity contribution in [3.05, 3.63) is 52.6 Å². The first-order valence-corrected chi connectivity index (χ1v) is 6.21. The molecule has 0 unspecified atom stereocenters. The summed E-state index contributed by atoms with van der Waals surface area (Å²) in [5.41, 5.74) is 2.60. The van der Waals surface area contributed by atoms with Crippen molar-refractivity contribution >= 4 is 21.8 Å². The minimum Gasteiger partial charge on any atom is -0.439 e. The predicted octanol–water partition coefficient (Wildman–Crippen LogP) is 2.93. The van der Waals surface area contributed by atoms with Crippen LogP contribution in [0.25, 0.3) is 0 Å². The van der Waals surface area contributed by atoms with Crippen molar-refractivity contribution in [3.63, 3.8) is 0 Å². The average molecular weight is 323 g/mol. The lowest BCUT2D eigenvalue weighted by molar-refractivity contribution is 0.0537. The highest BCUT2D eigenvalue weighted by Gasteiger charge is 2.06. The quantitative estimate of drug-likeness (QED) is 0.879. The van der Waals surface area contributed by atoms with Crippen molar-refractivity contribution in [1.29, 1.82) is 0 Å². The second-order valence-corrected chi connectivity index (χ2v) is 4.50. The van der Waals surface area contributed by atoms with Crippen molar-refractivity contribution in [2.24, 2.45) is 0 Å². The van der Waals surface area contributed by atoms with Crippen molar-refractivity contribution in [2.75, 3.05) is 7.11 Å². The van der Waals surface area contributed by atoms with Gasteiger partial charge in [-0.3, -0.25) is 9.63 Å². The van der Waals surface area contributed by atoms with E-state index in [-0.39, 0.29) is 5.91 Å². The van der Waals surface area contributed by atoms with Gasteiger partial charge in [-0.2, -0.15) is 0 Å². The first kappa shape index (κ1) is 13.5. The normalized spacial score (nSPS) is 10.0. The number of halogens is 1. The maximum Gasteiger partial charge on any atom is 0.276 e. The van der Waals surface area contributed by atoms with Crippen LogP contribution in [0.3, 0.4) is 0 Å². The summed E-state index contributed by atoms with van der Waals surface area (Å²) < 4.78 is 6.47. The zero-order chi connectivity index (χ0) is 13.7. The van der Waals surface area contributed by atoms with E-state index in [4.69, 9.17) is 4.74 Å². The number of carbonyl (C=O) groups is 1. The number of nitrogens with zero attached hydrogens (tertiary/aromatic N) is 1. The molecule has 1 amide bonds. The number of hydroxylamine groups is 1. The van der Waals surface area contributed by atoms with Crippen molar-refractivity contribution in [3.8, 4) is 11.6 Å². The average Bonchev–Trinajstić information content (AvgIpc) is 2.40. The topological polar surface area (TPSA) is 60.5 Å². The molecule has 0 saturated heterocycles. The van der Waals surface area contributed by atoms with Crippen LogP contribution in [0.2, 0.25) is 0 Å². The van der Waals surface area contributed by atoms with Crippen LogP contribution in [0, 0.1) is 0 Å². The molecule has 0 aliphatic heterocycles. The lowest BCUT2D eigenvalue weighted by atomic mass is 10.3. The molecular formula is C13H11BrN2O3. The molecule has 2 aromatic rings. The molecule has 1 aromatic carbocycles. The molecule has 0 saturated carbocycles. The number of pyridine rings is 1. The van der Waals surface area contributed by atoms with Crippen LogP contribution >= 0.6 is 15.9 Å². The van der Waals surface area contributed by atoms with E-state index in [0.29, 0.717) is 17.2 Å². The highest BCUT2D eigenvalue weighted by Crippen LogP contribution is 2.22. The summed E-state index contributed by atoms with van der Waals surface area (Å²) >= 11 is 3.36. The number of amides is 1. The lowest BCUT2D eigenvalue weighted by Crippen LogP contribution is -2.21. The monoisotopic (exact) mass is 322 g/mol. The minimum absolute atomic E-state index is 0.357. The van der Waals surface area contributed by atoms with Crippen LogP contribution in [-0.2, 0) is 4.84 Å². The molecule has 1 aromatic heterocycles. The Kier molecular flexibility index (Phi) is 4.48. The number of hydrogen-bond donors (Lipinski definition) is 1. The van der Waals surface area contributed by atoms with Gasteiger partial charge in [0.1, 0.15) is 5.75 Å². The van der Waals surface area contributed by atoms with Crippen LogP contribution in [0.5, 0.6) is 11.6 Å². The molecule has 0 bridgehead atoms. The van der Waals surface area contributed by atoms with E-state index in [9.17, 15) is 4.79 Å². The third-order valence-electron chi connectivity index (χ3n) is 2.21. The van der Waals surface area contributed by atoms with Gasteiger partial charge in [0.2, 0.25) is 5.88 Å². The molecule has 2 rings (SSSR count). The number of nitrogens with one attached hydrogen (secondary N) is 1. The van der Waals surface area contributed by atoms with Gasteiger partial charge < -0.3 is 4.74 Å². The second-order valence-electron chi connectivity index (χ2n) is 3.58. The largest absolute Gasteiger partial charge is 0.439 e. The molecule has 0 spiro atoms. The molecule has 0 fully saturated rings. The smallest absolute Gasteiger partial charge is 0.276 e. The summed E-state index contributed by atoms with van der Waals surface area (Å²) in [5, 5.41) is 0. The zero-order valence-corrected chi connectivity index (χ0v) is 11.7. The Morgan fingerprint density at radius 1 is 1.32 bits per heavy atom. The summed E-state index contributed by atoms with van der Waals surface area (Å²) in [5.74, 6) is 0.715. The van der Waals surface area contributed by atoms with Gasteiger partial charge in [-0.05, 0) is 24.3 Å². The van der Waals surface area contributed by atoms with E-state index in [1.54, 1.807) is 12.1 Å². The van der Waals surface area contributed by atoms with Gasteiger partial charge in [0.05, 0.1) is 12.7 Å². The van der Waals surface area contributed by atoms with E-state index in [2.05, 4.69) is 31.2 Å². The molecule has 1 N–H and O–H groups in total. The Balaban J connectivity index is 2.08. The van der Waals surface area contributed by atoms with Gasteiger partial charge in [-0.15, -0.1) is 0 Å². The molecule has 6 heteroatoms. The van der Waals surface area contributed by atoms with Gasteiger partial charge in [0.15, 0.2) is 0 Å². The first-order chi connectivity index (χ1) is 9.19. The van der Waals surface area contributed by atoms with Crippen LogP contribution in [-0.4, -0.2) is 18.0 Å². The first-order valence-electron chi connectivity index (χ1n) is 5.42. The fourth-order valence-corrected chi connectivity index (χ4v) is 1.76. The number of aromatic nitrogens is 1. The summed E-state index contributed by atoms with van der Waals surface area (Å²) in [6.07, 6.45) is 1.42. The Labute approximate surface area is 118 Å². The van der Waals surface area contributed by atoms with E-state index in [0.717, 1.165) is 4.47 Å². The molecule has 0 aliphatic rings. The van der Waals surface area contributed by atoms with Crippen molar-refractivity contribution < 1.29 is 14.4 Å². The van der Waals surface area contributed by atoms with E-state index in [1.165, 1.54) is 13.3 Å². The number of carbonyl (C=O) groups excluding carboxylic acids is 1. The number of hydrogen-bond acceptors (Lipinski definition) is 4. The minimum atomic E-state index is -0.357. The highest BCUT2D eigenvalue weighted by atomic mass is 79.9. The van der Waals surface area contributed by atoms with Gasteiger partial charge in [0, 0.05) is 16.7 Å². The molecule has 98 valence electrons. The maximum absolute atomic E-state index is 11.4. The molecule has 0 atom stereocenters.